The number of rotatable bonds is 5. The molecule has 25 heavy (non-hydrogen) atoms. The predicted octanol–water partition coefficient (Wildman–Crippen LogP) is 3.03. The molecule has 0 spiro atoms. The van der Waals surface area contributed by atoms with Gasteiger partial charge in [0, 0.05) is 24.7 Å². The van der Waals surface area contributed by atoms with Crippen LogP contribution in [0.1, 0.15) is 27.9 Å². The number of nitrogens with zero attached hydrogens (tertiary/aromatic N) is 1. The van der Waals surface area contributed by atoms with E-state index >= 15 is 0 Å². The number of carbonyl (C=O) groups is 2. The number of anilines is 1. The van der Waals surface area contributed by atoms with Gasteiger partial charge in [-0.15, -0.1) is 0 Å². The van der Waals surface area contributed by atoms with Gasteiger partial charge in [-0.05, 0) is 48.7 Å². The molecule has 2 amide bonds. The lowest BCUT2D eigenvalue weighted by molar-refractivity contribution is -0.116. The first-order valence-electron chi connectivity index (χ1n) is 8.41. The zero-order valence-corrected chi connectivity index (χ0v) is 14.5. The number of nitrogens with one attached hydrogen (secondary N) is 1. The molecule has 0 fully saturated rings. The summed E-state index contributed by atoms with van der Waals surface area (Å²) in [6.45, 7) is 2.94. The van der Waals surface area contributed by atoms with Crippen molar-refractivity contribution in [2.45, 2.75) is 19.8 Å². The fourth-order valence-electron chi connectivity index (χ4n) is 2.85. The molecule has 0 aromatic heterocycles. The minimum Gasteiger partial charge on any atom is -0.491 e. The lowest BCUT2D eigenvalue weighted by Crippen LogP contribution is -2.31. The third-order valence-electron chi connectivity index (χ3n) is 4.37. The van der Waals surface area contributed by atoms with Crippen molar-refractivity contribution in [3.05, 3.63) is 59.2 Å². The molecule has 0 bridgehead atoms. The van der Waals surface area contributed by atoms with E-state index in [0.29, 0.717) is 31.6 Å². The Morgan fingerprint density at radius 3 is 2.80 bits per heavy atom. The quantitative estimate of drug-likeness (QED) is 0.912. The van der Waals surface area contributed by atoms with Gasteiger partial charge >= 0.3 is 0 Å². The van der Waals surface area contributed by atoms with Gasteiger partial charge in [-0.25, -0.2) is 0 Å². The highest BCUT2D eigenvalue weighted by Gasteiger charge is 2.18. The normalized spacial score (nSPS) is 13.0. The number of fused-ring (bicyclic) bond motifs is 1. The van der Waals surface area contributed by atoms with Crippen LogP contribution in [0.15, 0.2) is 42.5 Å². The van der Waals surface area contributed by atoms with E-state index in [4.69, 9.17) is 4.74 Å². The molecule has 1 aliphatic rings. The van der Waals surface area contributed by atoms with Crippen molar-refractivity contribution in [2.24, 2.45) is 0 Å². The zero-order chi connectivity index (χ0) is 17.8. The fourth-order valence-corrected chi connectivity index (χ4v) is 2.85. The molecule has 5 nitrogen and oxygen atoms in total. The topological polar surface area (TPSA) is 58.6 Å². The summed E-state index contributed by atoms with van der Waals surface area (Å²) in [7, 11) is 1.77. The third kappa shape index (κ3) is 3.99. The van der Waals surface area contributed by atoms with Crippen LogP contribution >= 0.6 is 0 Å². The first-order chi connectivity index (χ1) is 12.0. The Bertz CT molecular complexity index is 801. The van der Waals surface area contributed by atoms with Gasteiger partial charge < -0.3 is 15.0 Å². The van der Waals surface area contributed by atoms with Crippen molar-refractivity contribution in [1.29, 1.82) is 0 Å². The SMILES string of the molecule is Cc1ccccc1OCCN(C)C(=O)c1ccc2c(c1)CCC(=O)N2. The van der Waals surface area contributed by atoms with E-state index in [-0.39, 0.29) is 11.8 Å². The average molecular weight is 338 g/mol. The number of ether oxygens (including phenoxy) is 1. The molecule has 1 heterocycles. The summed E-state index contributed by atoms with van der Waals surface area (Å²) in [5, 5.41) is 2.83. The first kappa shape index (κ1) is 17.0. The smallest absolute Gasteiger partial charge is 0.253 e. The Labute approximate surface area is 147 Å². The van der Waals surface area contributed by atoms with Crippen molar-refractivity contribution in [3.63, 3.8) is 0 Å². The molecule has 0 saturated heterocycles. The predicted molar refractivity (Wildman–Crippen MR) is 97.0 cm³/mol. The highest BCUT2D eigenvalue weighted by atomic mass is 16.5. The van der Waals surface area contributed by atoms with Crippen LogP contribution in [0.2, 0.25) is 0 Å². The molecule has 0 aliphatic carbocycles. The molecule has 0 atom stereocenters. The van der Waals surface area contributed by atoms with Gasteiger partial charge in [-0.2, -0.15) is 0 Å². The summed E-state index contributed by atoms with van der Waals surface area (Å²) in [4.78, 5) is 25.7. The number of likely N-dealkylation sites (N-methyl/N-ethyl adjacent to an activating group) is 1. The average Bonchev–Trinajstić information content (AvgIpc) is 2.62. The second kappa shape index (κ2) is 7.38. The number of aryl methyl sites for hydroxylation is 2. The molecule has 130 valence electrons. The van der Waals surface area contributed by atoms with Gasteiger partial charge in [0.2, 0.25) is 5.91 Å². The van der Waals surface area contributed by atoms with Crippen molar-refractivity contribution < 1.29 is 14.3 Å². The number of amides is 2. The van der Waals surface area contributed by atoms with E-state index in [1.165, 1.54) is 0 Å². The molecule has 3 rings (SSSR count). The maximum Gasteiger partial charge on any atom is 0.253 e. The lowest BCUT2D eigenvalue weighted by atomic mass is 10.00. The summed E-state index contributed by atoms with van der Waals surface area (Å²) in [6.07, 6.45) is 1.13. The highest BCUT2D eigenvalue weighted by Crippen LogP contribution is 2.24. The summed E-state index contributed by atoms with van der Waals surface area (Å²) >= 11 is 0. The van der Waals surface area contributed by atoms with Crippen LogP contribution in [0.4, 0.5) is 5.69 Å². The number of benzene rings is 2. The van der Waals surface area contributed by atoms with Crippen LogP contribution in [0.25, 0.3) is 0 Å². The van der Waals surface area contributed by atoms with Crippen LogP contribution < -0.4 is 10.1 Å². The Morgan fingerprint density at radius 1 is 1.20 bits per heavy atom. The van der Waals surface area contributed by atoms with Gasteiger partial charge in [0.25, 0.3) is 5.91 Å². The molecule has 0 radical (unpaired) electrons. The molecule has 5 heteroatoms. The molecule has 2 aromatic carbocycles. The van der Waals surface area contributed by atoms with Gasteiger partial charge in [0.15, 0.2) is 0 Å². The monoisotopic (exact) mass is 338 g/mol. The van der Waals surface area contributed by atoms with Gasteiger partial charge in [0.1, 0.15) is 12.4 Å². The maximum absolute atomic E-state index is 12.6. The molecule has 0 unspecified atom stereocenters. The van der Waals surface area contributed by atoms with Crippen LogP contribution in [0.5, 0.6) is 5.75 Å². The molecular weight excluding hydrogens is 316 g/mol. The summed E-state index contributed by atoms with van der Waals surface area (Å²) in [6, 6.07) is 13.3. The largest absolute Gasteiger partial charge is 0.491 e. The molecule has 2 aromatic rings. The molecular formula is C20H22N2O3. The van der Waals surface area contributed by atoms with Crippen molar-refractivity contribution in [3.8, 4) is 5.75 Å². The van der Waals surface area contributed by atoms with Crippen LogP contribution in [0.3, 0.4) is 0 Å². The number of para-hydroxylation sites is 1. The number of hydrogen-bond donors (Lipinski definition) is 1. The molecule has 1 aliphatic heterocycles. The fraction of sp³-hybridized carbons (Fsp3) is 0.300. The summed E-state index contributed by atoms with van der Waals surface area (Å²) in [5.74, 6) is 0.818. The number of hydrogen-bond acceptors (Lipinski definition) is 3. The zero-order valence-electron chi connectivity index (χ0n) is 14.5. The Morgan fingerprint density at radius 2 is 2.00 bits per heavy atom. The third-order valence-corrected chi connectivity index (χ3v) is 4.37. The van der Waals surface area contributed by atoms with Crippen LogP contribution in [-0.2, 0) is 11.2 Å². The second-order valence-corrected chi connectivity index (χ2v) is 6.26. The Balaban J connectivity index is 1.59. The van der Waals surface area contributed by atoms with Crippen molar-refractivity contribution in [1.82, 2.24) is 4.90 Å². The van der Waals surface area contributed by atoms with E-state index < -0.39 is 0 Å². The van der Waals surface area contributed by atoms with Crippen molar-refractivity contribution in [2.75, 3.05) is 25.5 Å². The molecule has 0 saturated carbocycles. The number of carbonyl (C=O) groups excluding carboxylic acids is 2. The molecule has 1 N–H and O–H groups in total. The van der Waals surface area contributed by atoms with Crippen molar-refractivity contribution >= 4 is 17.5 Å². The lowest BCUT2D eigenvalue weighted by Gasteiger charge is -2.21. The summed E-state index contributed by atoms with van der Waals surface area (Å²) in [5.41, 5.74) is 3.52. The van der Waals surface area contributed by atoms with Gasteiger partial charge in [0.05, 0.1) is 6.54 Å². The van der Waals surface area contributed by atoms with Gasteiger partial charge in [-0.3, -0.25) is 9.59 Å². The highest BCUT2D eigenvalue weighted by molar-refractivity contribution is 5.97. The minimum atomic E-state index is -0.0481. The van der Waals surface area contributed by atoms with E-state index in [0.717, 1.165) is 22.6 Å². The standard InChI is InChI=1S/C20H22N2O3/c1-14-5-3-4-6-18(14)25-12-11-22(2)20(24)16-7-9-17-15(13-16)8-10-19(23)21-17/h3-7,9,13H,8,10-12H2,1-2H3,(H,21,23). The van der Waals surface area contributed by atoms with Crippen LogP contribution in [-0.4, -0.2) is 36.9 Å². The van der Waals surface area contributed by atoms with E-state index in [2.05, 4.69) is 5.32 Å². The van der Waals surface area contributed by atoms with E-state index in [1.807, 2.05) is 37.3 Å². The Kier molecular flexibility index (Phi) is 5.03. The maximum atomic E-state index is 12.6. The second-order valence-electron chi connectivity index (χ2n) is 6.26. The van der Waals surface area contributed by atoms with Gasteiger partial charge in [-0.1, -0.05) is 18.2 Å². The summed E-state index contributed by atoms with van der Waals surface area (Å²) < 4.78 is 5.75. The minimum absolute atomic E-state index is 0.0250. The Hall–Kier alpha value is -2.82. The van der Waals surface area contributed by atoms with E-state index in [1.54, 1.807) is 24.1 Å². The van der Waals surface area contributed by atoms with E-state index in [9.17, 15) is 9.59 Å². The van der Waals surface area contributed by atoms with Crippen LogP contribution in [0, 0.1) is 6.92 Å². The first-order valence-corrected chi connectivity index (χ1v) is 8.41.